The van der Waals surface area contributed by atoms with E-state index in [4.69, 9.17) is 11.6 Å². The highest BCUT2D eigenvalue weighted by Crippen LogP contribution is 2.13. The number of hydrogen-bond donors (Lipinski definition) is 0. The highest BCUT2D eigenvalue weighted by Gasteiger charge is 2.06. The molecule has 0 aliphatic heterocycles. The van der Waals surface area contributed by atoms with E-state index in [0.717, 1.165) is 0 Å². The predicted octanol–water partition coefficient (Wildman–Crippen LogP) is 2.61. The summed E-state index contributed by atoms with van der Waals surface area (Å²) in [5, 5.41) is 0.322. The van der Waals surface area contributed by atoms with Gasteiger partial charge in [-0.05, 0) is 24.9 Å². The molecule has 0 nitrogen and oxygen atoms in total. The zero-order valence-corrected chi connectivity index (χ0v) is 7.22. The van der Waals surface area contributed by atoms with Crippen LogP contribution in [0.2, 0.25) is 0 Å². The SMILES string of the molecule is CSCC(C)C(C)Cl. The Kier molecular flexibility index (Phi) is 4.87. The average Bonchev–Trinajstić information content (AvgIpc) is 1.67. The highest BCUT2D eigenvalue weighted by atomic mass is 35.5. The van der Waals surface area contributed by atoms with Crippen molar-refractivity contribution in [3.63, 3.8) is 0 Å². The van der Waals surface area contributed by atoms with Gasteiger partial charge in [0.1, 0.15) is 0 Å². The molecule has 0 saturated heterocycles. The third-order valence-electron chi connectivity index (χ3n) is 1.21. The molecule has 0 heterocycles. The van der Waals surface area contributed by atoms with E-state index in [1.165, 1.54) is 5.75 Å². The topological polar surface area (TPSA) is 0 Å². The van der Waals surface area contributed by atoms with Gasteiger partial charge in [0.2, 0.25) is 0 Å². The van der Waals surface area contributed by atoms with Gasteiger partial charge in [-0.1, -0.05) is 6.92 Å². The molecule has 0 amide bonds. The van der Waals surface area contributed by atoms with Gasteiger partial charge in [-0.25, -0.2) is 0 Å². The first kappa shape index (κ1) is 8.64. The molecule has 0 N–H and O–H groups in total. The second kappa shape index (κ2) is 4.51. The molecule has 0 rings (SSSR count). The molecule has 0 spiro atoms. The monoisotopic (exact) mass is 152 g/mol. The van der Waals surface area contributed by atoms with Crippen LogP contribution in [0.4, 0.5) is 0 Å². The van der Waals surface area contributed by atoms with Gasteiger partial charge in [-0.15, -0.1) is 11.6 Å². The van der Waals surface area contributed by atoms with Crippen molar-refractivity contribution < 1.29 is 0 Å². The third kappa shape index (κ3) is 3.62. The van der Waals surface area contributed by atoms with Crippen LogP contribution in [0.5, 0.6) is 0 Å². The fourth-order valence-corrected chi connectivity index (χ4v) is 1.40. The summed E-state index contributed by atoms with van der Waals surface area (Å²) in [6, 6.07) is 0. The molecule has 2 unspecified atom stereocenters. The molecule has 2 heteroatoms. The molecule has 0 aromatic heterocycles. The normalized spacial score (nSPS) is 18.0. The summed E-state index contributed by atoms with van der Waals surface area (Å²) >= 11 is 7.65. The van der Waals surface area contributed by atoms with E-state index >= 15 is 0 Å². The Bertz CT molecular complexity index is 54.5. The molecule has 8 heavy (non-hydrogen) atoms. The molecule has 0 saturated carbocycles. The Morgan fingerprint density at radius 2 is 2.00 bits per heavy atom. The van der Waals surface area contributed by atoms with E-state index < -0.39 is 0 Å². The fourth-order valence-electron chi connectivity index (χ4n) is 0.395. The molecule has 0 fully saturated rings. The lowest BCUT2D eigenvalue weighted by Crippen LogP contribution is -2.08. The van der Waals surface area contributed by atoms with Crippen molar-refractivity contribution in [2.45, 2.75) is 19.2 Å². The summed E-state index contributed by atoms with van der Waals surface area (Å²) in [5.74, 6) is 1.82. The quantitative estimate of drug-likeness (QED) is 0.561. The van der Waals surface area contributed by atoms with Crippen LogP contribution in [-0.4, -0.2) is 17.4 Å². The van der Waals surface area contributed by atoms with Gasteiger partial charge < -0.3 is 0 Å². The number of thioether (sulfide) groups is 1. The van der Waals surface area contributed by atoms with Crippen LogP contribution < -0.4 is 0 Å². The zero-order valence-electron chi connectivity index (χ0n) is 5.65. The van der Waals surface area contributed by atoms with E-state index in [2.05, 4.69) is 13.2 Å². The van der Waals surface area contributed by atoms with E-state index in [-0.39, 0.29) is 0 Å². The first-order chi connectivity index (χ1) is 3.68. The minimum atomic E-state index is 0.322. The molecular weight excluding hydrogens is 140 g/mol. The Labute approximate surface area is 61.0 Å². The maximum atomic E-state index is 5.79. The summed E-state index contributed by atoms with van der Waals surface area (Å²) < 4.78 is 0. The van der Waals surface area contributed by atoms with Gasteiger partial charge >= 0.3 is 0 Å². The van der Waals surface area contributed by atoms with Gasteiger partial charge in [-0.3, -0.25) is 0 Å². The van der Waals surface area contributed by atoms with Gasteiger partial charge in [0, 0.05) is 5.38 Å². The van der Waals surface area contributed by atoms with Crippen LogP contribution in [-0.2, 0) is 0 Å². The summed E-state index contributed by atoms with van der Waals surface area (Å²) in [4.78, 5) is 0. The molecule has 0 aromatic rings. The van der Waals surface area contributed by atoms with Crippen molar-refractivity contribution in [2.24, 2.45) is 5.92 Å². The average molecular weight is 153 g/mol. The second-order valence-corrected chi connectivity index (χ2v) is 3.71. The Hall–Kier alpha value is 0.640. The molecule has 0 aliphatic rings. The van der Waals surface area contributed by atoms with Crippen molar-refractivity contribution in [1.29, 1.82) is 0 Å². The minimum Gasteiger partial charge on any atom is -0.165 e. The summed E-state index contributed by atoms with van der Waals surface area (Å²) in [5.41, 5.74) is 0. The van der Waals surface area contributed by atoms with Crippen molar-refractivity contribution in [2.75, 3.05) is 12.0 Å². The highest BCUT2D eigenvalue weighted by molar-refractivity contribution is 7.98. The third-order valence-corrected chi connectivity index (χ3v) is 2.50. The fraction of sp³-hybridized carbons (Fsp3) is 1.00. The summed E-state index contributed by atoms with van der Waals surface area (Å²) in [7, 11) is 0. The molecule has 0 aromatic carbocycles. The lowest BCUT2D eigenvalue weighted by atomic mass is 10.1. The molecule has 0 radical (unpaired) electrons. The van der Waals surface area contributed by atoms with Gasteiger partial charge in [-0.2, -0.15) is 11.8 Å². The second-order valence-electron chi connectivity index (χ2n) is 2.11. The van der Waals surface area contributed by atoms with Crippen LogP contribution in [0.3, 0.4) is 0 Å². The van der Waals surface area contributed by atoms with Crippen LogP contribution >= 0.6 is 23.4 Å². The van der Waals surface area contributed by atoms with Crippen molar-refractivity contribution >= 4 is 23.4 Å². The lowest BCUT2D eigenvalue weighted by Gasteiger charge is -2.10. The van der Waals surface area contributed by atoms with Gasteiger partial charge in [0.05, 0.1) is 0 Å². The molecule has 50 valence electrons. The van der Waals surface area contributed by atoms with Crippen LogP contribution in [0.25, 0.3) is 0 Å². The Morgan fingerprint density at radius 3 is 2.12 bits per heavy atom. The summed E-state index contributed by atoms with van der Waals surface area (Å²) in [6.45, 7) is 4.22. The number of hydrogen-bond acceptors (Lipinski definition) is 1. The molecular formula is C6H13ClS. The largest absolute Gasteiger partial charge is 0.165 e. The van der Waals surface area contributed by atoms with Crippen molar-refractivity contribution in [1.82, 2.24) is 0 Å². The first-order valence-corrected chi connectivity index (χ1v) is 4.64. The van der Waals surface area contributed by atoms with Crippen LogP contribution in [0.1, 0.15) is 13.8 Å². The van der Waals surface area contributed by atoms with Crippen molar-refractivity contribution in [3.05, 3.63) is 0 Å². The zero-order chi connectivity index (χ0) is 6.57. The van der Waals surface area contributed by atoms with Gasteiger partial charge in [0.25, 0.3) is 0 Å². The Balaban J connectivity index is 3.17. The van der Waals surface area contributed by atoms with E-state index in [1.54, 1.807) is 0 Å². The smallest absolute Gasteiger partial charge is 0.0341 e. The number of alkyl halides is 1. The number of halogens is 1. The van der Waals surface area contributed by atoms with Crippen LogP contribution in [0.15, 0.2) is 0 Å². The Morgan fingerprint density at radius 1 is 1.50 bits per heavy atom. The molecule has 0 bridgehead atoms. The molecule has 2 atom stereocenters. The predicted molar refractivity (Wildman–Crippen MR) is 42.9 cm³/mol. The van der Waals surface area contributed by atoms with E-state index in [1.807, 2.05) is 18.7 Å². The van der Waals surface area contributed by atoms with Gasteiger partial charge in [0.15, 0.2) is 0 Å². The molecule has 0 aliphatic carbocycles. The summed E-state index contributed by atoms with van der Waals surface area (Å²) in [6.07, 6.45) is 2.11. The first-order valence-electron chi connectivity index (χ1n) is 2.81. The maximum absolute atomic E-state index is 5.79. The number of rotatable bonds is 3. The van der Waals surface area contributed by atoms with Crippen molar-refractivity contribution in [3.8, 4) is 0 Å². The van der Waals surface area contributed by atoms with Crippen LogP contribution in [0, 0.1) is 5.92 Å². The lowest BCUT2D eigenvalue weighted by molar-refractivity contribution is 0.646. The standard InChI is InChI=1S/C6H13ClS/c1-5(4-8-3)6(2)7/h5-6H,4H2,1-3H3. The van der Waals surface area contributed by atoms with E-state index in [9.17, 15) is 0 Å². The minimum absolute atomic E-state index is 0.322. The van der Waals surface area contributed by atoms with E-state index in [0.29, 0.717) is 11.3 Å². The maximum Gasteiger partial charge on any atom is 0.0341 e.